The van der Waals surface area contributed by atoms with Crippen molar-refractivity contribution in [2.45, 2.75) is 17.2 Å². The van der Waals surface area contributed by atoms with Crippen LogP contribution in [0.25, 0.3) is 10.2 Å². The first-order valence-corrected chi connectivity index (χ1v) is 7.59. The largest absolute Gasteiger partial charge is 0.481 e. The molecule has 1 aromatic heterocycles. The molecule has 2 N–H and O–H groups in total. The van der Waals surface area contributed by atoms with E-state index in [0.717, 1.165) is 14.6 Å². The van der Waals surface area contributed by atoms with Gasteiger partial charge >= 0.3 is 5.97 Å². The molecular formula is C12H12N2O3S2. The fraction of sp³-hybridized carbons (Fsp3) is 0.250. The lowest BCUT2D eigenvalue weighted by Crippen LogP contribution is -2.12. The highest BCUT2D eigenvalue weighted by Crippen LogP contribution is 2.29. The molecule has 1 amide bonds. The zero-order valence-corrected chi connectivity index (χ0v) is 11.8. The molecule has 0 fully saturated rings. The monoisotopic (exact) mass is 296 g/mol. The van der Waals surface area contributed by atoms with E-state index in [1.165, 1.54) is 0 Å². The molecule has 0 saturated carbocycles. The molecule has 5 nitrogen and oxygen atoms in total. The molecule has 1 aromatic carbocycles. The van der Waals surface area contributed by atoms with Crippen molar-refractivity contribution >= 4 is 50.9 Å². The minimum absolute atomic E-state index is 0.0217. The molecule has 0 atom stereocenters. The van der Waals surface area contributed by atoms with Gasteiger partial charge in [-0.3, -0.25) is 9.59 Å². The van der Waals surface area contributed by atoms with E-state index in [9.17, 15) is 9.59 Å². The van der Waals surface area contributed by atoms with Gasteiger partial charge in [-0.05, 0) is 24.5 Å². The van der Waals surface area contributed by atoms with Crippen LogP contribution in [0.3, 0.4) is 0 Å². The second-order valence-electron chi connectivity index (χ2n) is 3.81. The number of carboxylic acids is 1. The maximum absolute atomic E-state index is 11.5. The van der Waals surface area contributed by atoms with Crippen LogP contribution in [0.2, 0.25) is 0 Å². The highest BCUT2D eigenvalue weighted by atomic mass is 32.2. The number of carbonyl (C=O) groups excluding carboxylic acids is 1. The zero-order chi connectivity index (χ0) is 13.8. The summed E-state index contributed by atoms with van der Waals surface area (Å²) in [4.78, 5) is 26.3. The predicted molar refractivity (Wildman–Crippen MR) is 76.9 cm³/mol. The molecule has 0 unspecified atom stereocenters. The van der Waals surface area contributed by atoms with E-state index in [2.05, 4.69) is 10.3 Å². The molecule has 7 heteroatoms. The standard InChI is InChI=1S/C12H12N2O3S2/c1-18-12-14-8-3-2-7(6-9(8)19-12)13-10(15)4-5-11(16)17/h2-3,6H,4-5H2,1H3,(H,13,15)(H,16,17). The first-order chi connectivity index (χ1) is 9.08. The van der Waals surface area contributed by atoms with Crippen LogP contribution in [0.5, 0.6) is 0 Å². The number of hydrogen-bond acceptors (Lipinski definition) is 5. The summed E-state index contributed by atoms with van der Waals surface area (Å²) in [5.41, 5.74) is 1.57. The van der Waals surface area contributed by atoms with Gasteiger partial charge in [0.1, 0.15) is 0 Å². The minimum Gasteiger partial charge on any atom is -0.481 e. The van der Waals surface area contributed by atoms with E-state index in [0.29, 0.717) is 5.69 Å². The first kappa shape index (κ1) is 13.8. The van der Waals surface area contributed by atoms with Crippen molar-refractivity contribution in [3.05, 3.63) is 18.2 Å². The number of benzene rings is 1. The maximum atomic E-state index is 11.5. The predicted octanol–water partition coefficient (Wildman–Crippen LogP) is 2.82. The molecule has 19 heavy (non-hydrogen) atoms. The summed E-state index contributed by atoms with van der Waals surface area (Å²) in [6.45, 7) is 0. The van der Waals surface area contributed by atoms with Crippen LogP contribution in [0.4, 0.5) is 5.69 Å². The fourth-order valence-electron chi connectivity index (χ4n) is 1.51. The Morgan fingerprint density at radius 3 is 2.89 bits per heavy atom. The fourth-order valence-corrected chi connectivity index (χ4v) is 3.04. The van der Waals surface area contributed by atoms with Crippen LogP contribution in [0.15, 0.2) is 22.5 Å². The van der Waals surface area contributed by atoms with Gasteiger partial charge in [-0.15, -0.1) is 11.3 Å². The van der Waals surface area contributed by atoms with E-state index in [1.807, 2.05) is 18.4 Å². The van der Waals surface area contributed by atoms with Crippen molar-refractivity contribution in [3.63, 3.8) is 0 Å². The Hall–Kier alpha value is -1.60. The Bertz CT molecular complexity index is 624. The third-order valence-electron chi connectivity index (χ3n) is 2.39. The second kappa shape index (κ2) is 6.03. The van der Waals surface area contributed by atoms with E-state index in [-0.39, 0.29) is 18.7 Å². The molecule has 0 saturated heterocycles. The van der Waals surface area contributed by atoms with Crippen molar-refractivity contribution in [1.82, 2.24) is 4.98 Å². The summed E-state index contributed by atoms with van der Waals surface area (Å²) in [7, 11) is 0. The Kier molecular flexibility index (Phi) is 4.39. The van der Waals surface area contributed by atoms with E-state index in [4.69, 9.17) is 5.11 Å². The van der Waals surface area contributed by atoms with E-state index < -0.39 is 5.97 Å². The minimum atomic E-state index is -0.974. The summed E-state index contributed by atoms with van der Waals surface area (Å²) >= 11 is 3.14. The lowest BCUT2D eigenvalue weighted by atomic mass is 10.2. The van der Waals surface area contributed by atoms with Gasteiger partial charge in [-0.1, -0.05) is 11.8 Å². The normalized spacial score (nSPS) is 10.6. The number of nitrogens with zero attached hydrogens (tertiary/aromatic N) is 1. The molecular weight excluding hydrogens is 284 g/mol. The van der Waals surface area contributed by atoms with Gasteiger partial charge in [-0.2, -0.15) is 0 Å². The molecule has 100 valence electrons. The van der Waals surface area contributed by atoms with Crippen LogP contribution >= 0.6 is 23.1 Å². The smallest absolute Gasteiger partial charge is 0.303 e. The van der Waals surface area contributed by atoms with Crippen LogP contribution in [-0.2, 0) is 9.59 Å². The summed E-state index contributed by atoms with van der Waals surface area (Å²) in [5.74, 6) is -1.27. The van der Waals surface area contributed by atoms with Crippen molar-refractivity contribution in [2.24, 2.45) is 0 Å². The van der Waals surface area contributed by atoms with Gasteiger partial charge in [0.25, 0.3) is 0 Å². The number of aromatic nitrogens is 1. The van der Waals surface area contributed by atoms with Gasteiger partial charge in [0.15, 0.2) is 4.34 Å². The first-order valence-electron chi connectivity index (χ1n) is 5.54. The lowest BCUT2D eigenvalue weighted by Gasteiger charge is -2.03. The van der Waals surface area contributed by atoms with Crippen LogP contribution in [-0.4, -0.2) is 28.2 Å². The van der Waals surface area contributed by atoms with Gasteiger partial charge in [0.2, 0.25) is 5.91 Å². The molecule has 2 rings (SSSR count). The number of aliphatic carboxylic acids is 1. The van der Waals surface area contributed by atoms with Gasteiger partial charge in [0.05, 0.1) is 16.6 Å². The Balaban J connectivity index is 2.08. The SMILES string of the molecule is CSc1nc2ccc(NC(=O)CCC(=O)O)cc2s1. The van der Waals surface area contributed by atoms with Crippen molar-refractivity contribution in [1.29, 1.82) is 0 Å². The number of amides is 1. The number of carbonyl (C=O) groups is 2. The lowest BCUT2D eigenvalue weighted by molar-refractivity contribution is -0.138. The van der Waals surface area contributed by atoms with E-state index in [1.54, 1.807) is 29.2 Å². The number of thioether (sulfide) groups is 1. The van der Waals surface area contributed by atoms with E-state index >= 15 is 0 Å². The summed E-state index contributed by atoms with van der Waals surface area (Å²) in [6.07, 6.45) is 1.78. The Morgan fingerprint density at radius 1 is 1.42 bits per heavy atom. The maximum Gasteiger partial charge on any atom is 0.303 e. The summed E-state index contributed by atoms with van der Waals surface area (Å²) in [5, 5.41) is 11.2. The molecule has 0 bridgehead atoms. The van der Waals surface area contributed by atoms with Crippen molar-refractivity contribution < 1.29 is 14.7 Å². The number of rotatable bonds is 5. The molecule has 1 heterocycles. The molecule has 0 aliphatic heterocycles. The summed E-state index contributed by atoms with van der Waals surface area (Å²) < 4.78 is 1.98. The number of carboxylic acid groups (broad SMARTS) is 1. The number of thiazole rings is 1. The number of anilines is 1. The number of hydrogen-bond donors (Lipinski definition) is 2. The molecule has 0 radical (unpaired) electrons. The Morgan fingerprint density at radius 2 is 2.21 bits per heavy atom. The second-order valence-corrected chi connectivity index (χ2v) is 5.89. The number of nitrogens with one attached hydrogen (secondary N) is 1. The van der Waals surface area contributed by atoms with Crippen molar-refractivity contribution in [3.8, 4) is 0 Å². The van der Waals surface area contributed by atoms with Crippen LogP contribution < -0.4 is 5.32 Å². The van der Waals surface area contributed by atoms with Gasteiger partial charge in [0, 0.05) is 12.1 Å². The van der Waals surface area contributed by atoms with Gasteiger partial charge < -0.3 is 10.4 Å². The highest BCUT2D eigenvalue weighted by molar-refractivity contribution is 8.00. The number of fused-ring (bicyclic) bond motifs is 1. The quantitative estimate of drug-likeness (QED) is 0.829. The average molecular weight is 296 g/mol. The molecule has 0 spiro atoms. The third kappa shape index (κ3) is 3.68. The van der Waals surface area contributed by atoms with Gasteiger partial charge in [-0.25, -0.2) is 4.98 Å². The highest BCUT2D eigenvalue weighted by Gasteiger charge is 2.08. The topological polar surface area (TPSA) is 79.3 Å². The van der Waals surface area contributed by atoms with Crippen LogP contribution in [0, 0.1) is 0 Å². The molecule has 2 aromatic rings. The molecule has 0 aliphatic carbocycles. The Labute approximate surface area is 118 Å². The molecule has 0 aliphatic rings. The van der Waals surface area contributed by atoms with Crippen molar-refractivity contribution in [2.75, 3.05) is 11.6 Å². The van der Waals surface area contributed by atoms with Crippen LogP contribution in [0.1, 0.15) is 12.8 Å². The average Bonchev–Trinajstić information content (AvgIpc) is 2.78. The summed E-state index contributed by atoms with van der Waals surface area (Å²) in [6, 6.07) is 5.47. The zero-order valence-electron chi connectivity index (χ0n) is 10.2. The third-order valence-corrected chi connectivity index (χ3v) is 4.40.